The predicted molar refractivity (Wildman–Crippen MR) is 94.5 cm³/mol. The monoisotopic (exact) mass is 350 g/mol. The molecule has 122 valence electrons. The third-order valence-corrected chi connectivity index (χ3v) is 3.62. The number of benzene rings is 2. The van der Waals surface area contributed by atoms with Crippen LogP contribution in [0.25, 0.3) is 17.0 Å². The Labute approximate surface area is 147 Å². The molecule has 0 unspecified atom stereocenters. The van der Waals surface area contributed by atoms with Crippen molar-refractivity contribution in [2.45, 2.75) is 0 Å². The highest BCUT2D eigenvalue weighted by molar-refractivity contribution is 6.30. The van der Waals surface area contributed by atoms with Gasteiger partial charge in [-0.2, -0.15) is 10.1 Å². The van der Waals surface area contributed by atoms with Gasteiger partial charge in [0.2, 0.25) is 0 Å². The van der Waals surface area contributed by atoms with E-state index < -0.39 is 0 Å². The summed E-state index contributed by atoms with van der Waals surface area (Å²) in [5.41, 5.74) is 5.27. The van der Waals surface area contributed by atoms with Crippen LogP contribution < -0.4 is 5.43 Å². The maximum Gasteiger partial charge on any atom is 0.293 e. The molecule has 8 nitrogen and oxygen atoms in total. The summed E-state index contributed by atoms with van der Waals surface area (Å²) in [6.45, 7) is 0. The van der Waals surface area contributed by atoms with E-state index >= 15 is 0 Å². The molecular weight excluding hydrogens is 340 g/mol. The van der Waals surface area contributed by atoms with E-state index in [1.807, 2.05) is 42.5 Å². The molecule has 0 bridgehead atoms. The standard InChI is InChI=1S/C16H11ClN8/c17-13-8-6-11(7-9-13)10-18-20-15-14(12-4-2-1-3-5-12)22-25-16(19-15)21-23-24-25/h1-10H,(H,19,20,21,24). The summed E-state index contributed by atoms with van der Waals surface area (Å²) >= 11 is 5.88. The van der Waals surface area contributed by atoms with E-state index in [9.17, 15) is 0 Å². The first-order valence-electron chi connectivity index (χ1n) is 7.36. The maximum absolute atomic E-state index is 5.88. The zero-order valence-corrected chi connectivity index (χ0v) is 13.5. The Morgan fingerprint density at radius 1 is 1.04 bits per heavy atom. The molecule has 0 aliphatic carbocycles. The van der Waals surface area contributed by atoms with Gasteiger partial charge in [-0.25, -0.2) is 0 Å². The lowest BCUT2D eigenvalue weighted by atomic mass is 10.1. The molecule has 2 heterocycles. The quantitative estimate of drug-likeness (QED) is 0.449. The van der Waals surface area contributed by atoms with Crippen LogP contribution in [-0.4, -0.2) is 36.5 Å². The van der Waals surface area contributed by atoms with Gasteiger partial charge in [0.25, 0.3) is 5.78 Å². The van der Waals surface area contributed by atoms with Crippen molar-refractivity contribution >= 4 is 29.4 Å². The molecule has 0 aliphatic heterocycles. The molecule has 0 fully saturated rings. The van der Waals surface area contributed by atoms with E-state index in [0.717, 1.165) is 11.1 Å². The summed E-state index contributed by atoms with van der Waals surface area (Å²) in [4.78, 5) is 4.38. The number of nitrogens with one attached hydrogen (secondary N) is 1. The van der Waals surface area contributed by atoms with E-state index in [2.05, 4.69) is 36.1 Å². The van der Waals surface area contributed by atoms with Crippen molar-refractivity contribution in [3.63, 3.8) is 0 Å². The van der Waals surface area contributed by atoms with Crippen molar-refractivity contribution in [3.8, 4) is 11.3 Å². The van der Waals surface area contributed by atoms with Gasteiger partial charge in [-0.1, -0.05) is 63.8 Å². The number of hydrogen-bond acceptors (Lipinski definition) is 7. The van der Waals surface area contributed by atoms with E-state index in [-0.39, 0.29) is 5.78 Å². The highest BCUT2D eigenvalue weighted by atomic mass is 35.5. The second kappa shape index (κ2) is 6.62. The van der Waals surface area contributed by atoms with Crippen LogP contribution in [0.3, 0.4) is 0 Å². The average molecular weight is 351 g/mol. The van der Waals surface area contributed by atoms with E-state index in [1.165, 1.54) is 4.63 Å². The molecule has 0 spiro atoms. The first-order valence-corrected chi connectivity index (χ1v) is 7.74. The summed E-state index contributed by atoms with van der Waals surface area (Å²) < 4.78 is 1.27. The third-order valence-electron chi connectivity index (χ3n) is 3.37. The van der Waals surface area contributed by atoms with Crippen molar-refractivity contribution < 1.29 is 0 Å². The summed E-state index contributed by atoms with van der Waals surface area (Å²) in [5.74, 6) is 0.739. The van der Waals surface area contributed by atoms with Crippen LogP contribution in [0.15, 0.2) is 59.7 Å². The average Bonchev–Trinajstić information content (AvgIpc) is 3.11. The molecule has 0 amide bonds. The lowest BCUT2D eigenvalue weighted by Gasteiger charge is -2.06. The van der Waals surface area contributed by atoms with Crippen LogP contribution in [0, 0.1) is 0 Å². The minimum atomic E-state index is 0.281. The number of halogens is 1. The van der Waals surface area contributed by atoms with Gasteiger partial charge in [0.05, 0.1) is 6.21 Å². The number of nitrogens with zero attached hydrogens (tertiary/aromatic N) is 7. The number of aromatic nitrogens is 6. The Morgan fingerprint density at radius 2 is 1.84 bits per heavy atom. The fraction of sp³-hybridized carbons (Fsp3) is 0. The smallest absolute Gasteiger partial charge is 0.259 e. The lowest BCUT2D eigenvalue weighted by molar-refractivity contribution is 0.730. The van der Waals surface area contributed by atoms with Gasteiger partial charge >= 0.3 is 0 Å². The van der Waals surface area contributed by atoms with Gasteiger partial charge in [-0.15, -0.1) is 5.10 Å². The molecule has 0 saturated carbocycles. The second-order valence-electron chi connectivity index (χ2n) is 5.06. The highest BCUT2D eigenvalue weighted by Gasteiger charge is 2.12. The topological polar surface area (TPSA) is 93.2 Å². The Morgan fingerprint density at radius 3 is 2.64 bits per heavy atom. The summed E-state index contributed by atoms with van der Waals surface area (Å²) in [7, 11) is 0. The SMILES string of the molecule is Clc1ccc(C=NNc2nc3nnnn3nc2-c2ccccc2)cc1. The molecule has 9 heteroatoms. The zero-order valence-electron chi connectivity index (χ0n) is 12.8. The number of tetrazole rings is 1. The van der Waals surface area contributed by atoms with Crippen molar-refractivity contribution in [2.24, 2.45) is 5.10 Å². The molecule has 0 atom stereocenters. The minimum Gasteiger partial charge on any atom is -0.259 e. The number of anilines is 1. The Hall–Kier alpha value is -3.39. The molecule has 25 heavy (non-hydrogen) atoms. The first-order chi connectivity index (χ1) is 12.3. The Balaban J connectivity index is 1.68. The van der Waals surface area contributed by atoms with Gasteiger partial charge in [0.15, 0.2) is 5.82 Å². The third kappa shape index (κ3) is 3.29. The van der Waals surface area contributed by atoms with Crippen molar-refractivity contribution in [1.29, 1.82) is 0 Å². The summed E-state index contributed by atoms with van der Waals surface area (Å²) in [5, 5.41) is 20.5. The maximum atomic E-state index is 5.88. The molecular formula is C16H11ClN8. The molecule has 2 aromatic heterocycles. The summed E-state index contributed by atoms with van der Waals surface area (Å²) in [6.07, 6.45) is 1.67. The highest BCUT2D eigenvalue weighted by Crippen LogP contribution is 2.23. The molecule has 2 aromatic carbocycles. The van der Waals surface area contributed by atoms with Crippen LogP contribution in [0.5, 0.6) is 0 Å². The fourth-order valence-corrected chi connectivity index (χ4v) is 2.32. The van der Waals surface area contributed by atoms with Crippen LogP contribution in [0.1, 0.15) is 5.56 Å². The molecule has 1 N–H and O–H groups in total. The number of rotatable bonds is 4. The van der Waals surface area contributed by atoms with E-state index in [0.29, 0.717) is 16.5 Å². The zero-order chi connectivity index (χ0) is 17.1. The molecule has 0 aliphatic rings. The molecule has 0 saturated heterocycles. The van der Waals surface area contributed by atoms with Crippen molar-refractivity contribution in [2.75, 3.05) is 5.43 Å². The van der Waals surface area contributed by atoms with Crippen molar-refractivity contribution in [1.82, 2.24) is 30.2 Å². The van der Waals surface area contributed by atoms with Crippen LogP contribution in [0.2, 0.25) is 5.02 Å². The molecule has 4 aromatic rings. The summed E-state index contributed by atoms with van der Waals surface area (Å²) in [6, 6.07) is 16.9. The Kier molecular flexibility index (Phi) is 4.01. The fourth-order valence-electron chi connectivity index (χ4n) is 2.19. The Bertz CT molecular complexity index is 1030. The van der Waals surface area contributed by atoms with Crippen LogP contribution in [-0.2, 0) is 0 Å². The van der Waals surface area contributed by atoms with Gasteiger partial charge in [-0.3, -0.25) is 5.43 Å². The molecule has 0 radical (unpaired) electrons. The second-order valence-corrected chi connectivity index (χ2v) is 5.50. The normalized spacial score (nSPS) is 11.2. The number of fused-ring (bicyclic) bond motifs is 1. The number of hydrogen-bond donors (Lipinski definition) is 1. The van der Waals surface area contributed by atoms with E-state index in [4.69, 9.17) is 11.6 Å². The van der Waals surface area contributed by atoms with Crippen molar-refractivity contribution in [3.05, 3.63) is 65.2 Å². The lowest BCUT2D eigenvalue weighted by Crippen LogP contribution is -2.05. The van der Waals surface area contributed by atoms with Crippen LogP contribution >= 0.6 is 11.6 Å². The van der Waals surface area contributed by atoms with Gasteiger partial charge in [-0.05, 0) is 28.1 Å². The van der Waals surface area contributed by atoms with Gasteiger partial charge < -0.3 is 0 Å². The minimum absolute atomic E-state index is 0.281. The van der Waals surface area contributed by atoms with Crippen LogP contribution in [0.4, 0.5) is 5.82 Å². The van der Waals surface area contributed by atoms with Gasteiger partial charge in [0.1, 0.15) is 5.69 Å². The molecule has 4 rings (SSSR count). The van der Waals surface area contributed by atoms with Gasteiger partial charge in [0, 0.05) is 10.6 Å². The van der Waals surface area contributed by atoms with E-state index in [1.54, 1.807) is 18.3 Å². The largest absolute Gasteiger partial charge is 0.293 e. The number of hydrazone groups is 1. The predicted octanol–water partition coefficient (Wildman–Crippen LogP) is 2.68. The first kappa shape index (κ1) is 15.2.